The summed E-state index contributed by atoms with van der Waals surface area (Å²) in [7, 11) is 0. The summed E-state index contributed by atoms with van der Waals surface area (Å²) in [4.78, 5) is 27.0. The number of piperidine rings is 2. The second-order valence-electron chi connectivity index (χ2n) is 7.58. The molecule has 8 heteroatoms. The molecule has 2 saturated heterocycles. The van der Waals surface area contributed by atoms with Crippen molar-refractivity contribution >= 4 is 29.9 Å². The van der Waals surface area contributed by atoms with Crippen molar-refractivity contribution in [3.05, 3.63) is 48.3 Å². The minimum atomic E-state index is -0.630. The van der Waals surface area contributed by atoms with E-state index in [-0.39, 0.29) is 24.2 Å². The molecule has 0 atom stereocenters. The van der Waals surface area contributed by atoms with Gasteiger partial charge in [0.05, 0.1) is 0 Å². The second kappa shape index (κ2) is 9.41. The summed E-state index contributed by atoms with van der Waals surface area (Å²) in [6, 6.07) is 9.77. The third-order valence-corrected chi connectivity index (χ3v) is 5.82. The number of nitrogens with one attached hydrogen (secondary N) is 2. The molecule has 7 nitrogen and oxygen atoms in total. The molecule has 0 spiro atoms. The first kappa shape index (κ1) is 21.3. The Balaban J connectivity index is 0.00000240. The van der Waals surface area contributed by atoms with E-state index in [0.717, 1.165) is 56.6 Å². The van der Waals surface area contributed by atoms with Crippen LogP contribution in [0.5, 0.6) is 0 Å². The van der Waals surface area contributed by atoms with Crippen LogP contribution in [0, 0.1) is 0 Å². The van der Waals surface area contributed by atoms with Gasteiger partial charge in [0.2, 0.25) is 11.8 Å². The number of rotatable bonds is 5. The first-order valence-electron chi connectivity index (χ1n) is 10.1. The summed E-state index contributed by atoms with van der Waals surface area (Å²) in [5.74, 6) is 0.201. The SMILES string of the molecule is Cl.O=C1CCCCN1c1ccc(CNC(=O)C2(n3cccn3)CCNCC2)cc1. The molecule has 2 aliphatic heterocycles. The van der Waals surface area contributed by atoms with E-state index < -0.39 is 5.54 Å². The third kappa shape index (κ3) is 4.46. The van der Waals surface area contributed by atoms with Crippen molar-refractivity contribution in [2.45, 2.75) is 44.2 Å². The maximum Gasteiger partial charge on any atom is 0.248 e. The summed E-state index contributed by atoms with van der Waals surface area (Å²) in [6.07, 6.45) is 7.68. The summed E-state index contributed by atoms with van der Waals surface area (Å²) < 4.78 is 1.80. The van der Waals surface area contributed by atoms with E-state index >= 15 is 0 Å². The molecular formula is C21H28ClN5O2. The first-order chi connectivity index (χ1) is 13.7. The summed E-state index contributed by atoms with van der Waals surface area (Å²) in [5, 5.41) is 10.8. The molecule has 0 aliphatic carbocycles. The van der Waals surface area contributed by atoms with E-state index in [1.807, 2.05) is 41.4 Å². The van der Waals surface area contributed by atoms with Crippen molar-refractivity contribution in [3.8, 4) is 0 Å². The van der Waals surface area contributed by atoms with E-state index in [9.17, 15) is 9.59 Å². The zero-order valence-electron chi connectivity index (χ0n) is 16.5. The molecule has 3 heterocycles. The molecule has 4 rings (SSSR count). The molecule has 1 aromatic carbocycles. The minimum absolute atomic E-state index is 0. The highest BCUT2D eigenvalue weighted by Crippen LogP contribution is 2.27. The maximum absolute atomic E-state index is 13.1. The van der Waals surface area contributed by atoms with Gasteiger partial charge in [-0.15, -0.1) is 12.4 Å². The summed E-state index contributed by atoms with van der Waals surface area (Å²) in [5.41, 5.74) is 1.33. The minimum Gasteiger partial charge on any atom is -0.350 e. The van der Waals surface area contributed by atoms with Gasteiger partial charge in [0.25, 0.3) is 0 Å². The van der Waals surface area contributed by atoms with Gasteiger partial charge >= 0.3 is 0 Å². The highest BCUT2D eigenvalue weighted by Gasteiger charge is 2.41. The van der Waals surface area contributed by atoms with Crippen molar-refractivity contribution in [1.29, 1.82) is 0 Å². The van der Waals surface area contributed by atoms with Gasteiger partial charge in [-0.05, 0) is 62.5 Å². The molecule has 29 heavy (non-hydrogen) atoms. The van der Waals surface area contributed by atoms with Crippen molar-refractivity contribution < 1.29 is 9.59 Å². The molecule has 0 radical (unpaired) electrons. The smallest absolute Gasteiger partial charge is 0.248 e. The molecule has 2 aromatic rings. The standard InChI is InChI=1S/C21H27N5O2.ClH/c27-19-4-1-2-14-25(19)18-7-5-17(6-8-18)16-23-20(28)21(9-12-22-13-10-21)26-15-3-11-24-26;/h3,5-8,11,15,22H,1-2,4,9-10,12-14,16H2,(H,23,28);1H. The predicted octanol–water partition coefficient (Wildman–Crippen LogP) is 2.22. The lowest BCUT2D eigenvalue weighted by Crippen LogP contribution is -2.54. The Hall–Kier alpha value is -2.38. The van der Waals surface area contributed by atoms with Gasteiger partial charge in [-0.3, -0.25) is 14.3 Å². The van der Waals surface area contributed by atoms with Gasteiger partial charge in [-0.2, -0.15) is 5.10 Å². The molecule has 0 bridgehead atoms. The second-order valence-corrected chi connectivity index (χ2v) is 7.58. The normalized spacial score (nSPS) is 18.8. The monoisotopic (exact) mass is 417 g/mol. The quantitative estimate of drug-likeness (QED) is 0.781. The molecule has 2 amide bonds. The lowest BCUT2D eigenvalue weighted by Gasteiger charge is -2.36. The number of hydrogen-bond donors (Lipinski definition) is 2. The van der Waals surface area contributed by atoms with E-state index in [1.54, 1.807) is 10.9 Å². The third-order valence-electron chi connectivity index (χ3n) is 5.82. The van der Waals surface area contributed by atoms with Crippen molar-refractivity contribution in [2.75, 3.05) is 24.5 Å². The van der Waals surface area contributed by atoms with Crippen molar-refractivity contribution in [2.24, 2.45) is 0 Å². The number of nitrogens with zero attached hydrogens (tertiary/aromatic N) is 3. The number of carbonyl (C=O) groups is 2. The number of anilines is 1. The molecule has 2 fully saturated rings. The van der Waals surface area contributed by atoms with Crippen LogP contribution in [0.4, 0.5) is 5.69 Å². The number of hydrogen-bond acceptors (Lipinski definition) is 4. The highest BCUT2D eigenvalue weighted by atomic mass is 35.5. The van der Waals surface area contributed by atoms with E-state index in [1.165, 1.54) is 0 Å². The fraction of sp³-hybridized carbons (Fsp3) is 0.476. The van der Waals surface area contributed by atoms with Crippen LogP contribution in [0.25, 0.3) is 0 Å². The van der Waals surface area contributed by atoms with Gasteiger partial charge in [-0.25, -0.2) is 0 Å². The fourth-order valence-corrected chi connectivity index (χ4v) is 4.14. The van der Waals surface area contributed by atoms with Crippen LogP contribution in [0.1, 0.15) is 37.7 Å². The first-order valence-corrected chi connectivity index (χ1v) is 10.1. The van der Waals surface area contributed by atoms with E-state index in [2.05, 4.69) is 15.7 Å². The number of halogens is 1. The van der Waals surface area contributed by atoms with Gasteiger partial charge in [0, 0.05) is 37.6 Å². The number of aromatic nitrogens is 2. The molecule has 2 aliphatic rings. The van der Waals surface area contributed by atoms with Crippen LogP contribution in [0.15, 0.2) is 42.7 Å². The fourth-order valence-electron chi connectivity index (χ4n) is 4.14. The predicted molar refractivity (Wildman–Crippen MR) is 114 cm³/mol. The van der Waals surface area contributed by atoms with Crippen LogP contribution in [0.2, 0.25) is 0 Å². The molecule has 156 valence electrons. The van der Waals surface area contributed by atoms with Crippen LogP contribution in [0.3, 0.4) is 0 Å². The summed E-state index contributed by atoms with van der Waals surface area (Å²) >= 11 is 0. The average molecular weight is 418 g/mol. The van der Waals surface area contributed by atoms with Crippen molar-refractivity contribution in [1.82, 2.24) is 20.4 Å². The Kier molecular flexibility index (Phi) is 6.92. The Morgan fingerprint density at radius 2 is 1.93 bits per heavy atom. The Morgan fingerprint density at radius 1 is 1.17 bits per heavy atom. The van der Waals surface area contributed by atoms with E-state index in [4.69, 9.17) is 0 Å². The largest absolute Gasteiger partial charge is 0.350 e. The molecule has 1 aromatic heterocycles. The van der Waals surface area contributed by atoms with Gasteiger partial charge < -0.3 is 15.5 Å². The zero-order valence-corrected chi connectivity index (χ0v) is 17.3. The van der Waals surface area contributed by atoms with Crippen LogP contribution in [-0.4, -0.2) is 41.2 Å². The molecule has 0 unspecified atom stereocenters. The van der Waals surface area contributed by atoms with E-state index in [0.29, 0.717) is 13.0 Å². The van der Waals surface area contributed by atoms with Crippen molar-refractivity contribution in [3.63, 3.8) is 0 Å². The van der Waals surface area contributed by atoms with Crippen LogP contribution >= 0.6 is 12.4 Å². The van der Waals surface area contributed by atoms with Gasteiger partial charge in [0.1, 0.15) is 5.54 Å². The summed E-state index contributed by atoms with van der Waals surface area (Å²) in [6.45, 7) is 2.84. The Morgan fingerprint density at radius 3 is 2.59 bits per heavy atom. The zero-order chi connectivity index (χ0) is 19.4. The number of amides is 2. The van der Waals surface area contributed by atoms with Crippen LogP contribution in [-0.2, 0) is 21.7 Å². The Labute approximate surface area is 177 Å². The lowest BCUT2D eigenvalue weighted by molar-refractivity contribution is -0.132. The lowest BCUT2D eigenvalue weighted by atomic mass is 9.87. The Bertz CT molecular complexity index is 816. The number of benzene rings is 1. The molecule has 2 N–H and O–H groups in total. The molecular weight excluding hydrogens is 390 g/mol. The van der Waals surface area contributed by atoms with Gasteiger partial charge in [0.15, 0.2) is 0 Å². The topological polar surface area (TPSA) is 79.3 Å². The highest BCUT2D eigenvalue weighted by molar-refractivity contribution is 5.94. The average Bonchev–Trinajstić information content (AvgIpc) is 3.29. The number of carbonyl (C=O) groups excluding carboxylic acids is 2. The molecule has 0 saturated carbocycles. The van der Waals surface area contributed by atoms with Crippen LogP contribution < -0.4 is 15.5 Å². The van der Waals surface area contributed by atoms with Gasteiger partial charge in [-0.1, -0.05) is 12.1 Å². The maximum atomic E-state index is 13.1.